The maximum atomic E-state index is 5.38. The zero-order chi connectivity index (χ0) is 9.97. The van der Waals surface area contributed by atoms with E-state index in [1.807, 2.05) is 0 Å². The van der Waals surface area contributed by atoms with Crippen molar-refractivity contribution < 1.29 is 4.42 Å². The van der Waals surface area contributed by atoms with Gasteiger partial charge in [0.1, 0.15) is 5.76 Å². The van der Waals surface area contributed by atoms with E-state index in [-0.39, 0.29) is 6.01 Å². The van der Waals surface area contributed by atoms with Gasteiger partial charge in [-0.15, -0.1) is 0 Å². The Morgan fingerprint density at radius 1 is 1.29 bits per heavy atom. The summed E-state index contributed by atoms with van der Waals surface area (Å²) in [6, 6.07) is 8.54. The number of hydrogen-bond acceptors (Lipinski definition) is 3. The van der Waals surface area contributed by atoms with Gasteiger partial charge in [-0.05, 0) is 12.5 Å². The molecule has 2 aromatic rings. The molecule has 0 fully saturated rings. The number of nitrogen functional groups attached to an aromatic ring is 1. The first-order valence-corrected chi connectivity index (χ1v) is 4.50. The van der Waals surface area contributed by atoms with Gasteiger partial charge in [0.2, 0.25) is 0 Å². The first-order valence-electron chi connectivity index (χ1n) is 4.50. The lowest BCUT2D eigenvalue weighted by Crippen LogP contribution is -1.85. The molecule has 3 heteroatoms. The van der Waals surface area contributed by atoms with E-state index in [4.69, 9.17) is 10.2 Å². The summed E-state index contributed by atoms with van der Waals surface area (Å²) in [5, 5.41) is 0. The highest BCUT2D eigenvalue weighted by Crippen LogP contribution is 2.12. The second-order valence-corrected chi connectivity index (χ2v) is 3.33. The molecule has 1 aromatic heterocycles. The number of hydrogen-bond donors (Lipinski definition) is 1. The fourth-order valence-corrected chi connectivity index (χ4v) is 1.31. The maximum Gasteiger partial charge on any atom is 0.292 e. The molecule has 0 saturated carbocycles. The fourth-order valence-electron chi connectivity index (χ4n) is 1.31. The SMILES string of the molecule is Cc1ccc(Cc2cnc(N)o2)cc1. The average molecular weight is 188 g/mol. The highest BCUT2D eigenvalue weighted by molar-refractivity contribution is 5.25. The lowest BCUT2D eigenvalue weighted by Gasteiger charge is -1.97. The van der Waals surface area contributed by atoms with Crippen LogP contribution in [0.1, 0.15) is 16.9 Å². The number of benzene rings is 1. The van der Waals surface area contributed by atoms with E-state index in [9.17, 15) is 0 Å². The minimum atomic E-state index is 0.229. The van der Waals surface area contributed by atoms with Gasteiger partial charge in [-0.1, -0.05) is 29.8 Å². The molecule has 72 valence electrons. The second-order valence-electron chi connectivity index (χ2n) is 3.33. The maximum absolute atomic E-state index is 5.38. The van der Waals surface area contributed by atoms with Gasteiger partial charge in [-0.2, -0.15) is 0 Å². The van der Waals surface area contributed by atoms with Crippen LogP contribution >= 0.6 is 0 Å². The van der Waals surface area contributed by atoms with Gasteiger partial charge in [0.25, 0.3) is 6.01 Å². The number of aryl methyl sites for hydroxylation is 1. The number of anilines is 1. The quantitative estimate of drug-likeness (QED) is 0.785. The molecule has 0 aliphatic heterocycles. The van der Waals surface area contributed by atoms with Gasteiger partial charge in [-0.25, -0.2) is 4.98 Å². The molecule has 1 aromatic carbocycles. The third kappa shape index (κ3) is 1.93. The van der Waals surface area contributed by atoms with Gasteiger partial charge in [0.05, 0.1) is 6.20 Å². The van der Waals surface area contributed by atoms with Gasteiger partial charge in [0.15, 0.2) is 0 Å². The van der Waals surface area contributed by atoms with Crippen LogP contribution < -0.4 is 5.73 Å². The molecule has 0 bridgehead atoms. The summed E-state index contributed by atoms with van der Waals surface area (Å²) < 4.78 is 5.18. The van der Waals surface area contributed by atoms with Crippen molar-refractivity contribution in [3.63, 3.8) is 0 Å². The molecule has 14 heavy (non-hydrogen) atoms. The zero-order valence-electron chi connectivity index (χ0n) is 8.03. The van der Waals surface area contributed by atoms with Gasteiger partial charge in [0, 0.05) is 6.42 Å². The Labute approximate surface area is 82.6 Å². The van der Waals surface area contributed by atoms with E-state index in [1.54, 1.807) is 6.20 Å². The number of aromatic nitrogens is 1. The highest BCUT2D eigenvalue weighted by Gasteiger charge is 2.01. The summed E-state index contributed by atoms with van der Waals surface area (Å²) in [4.78, 5) is 3.84. The van der Waals surface area contributed by atoms with Crippen molar-refractivity contribution in [2.45, 2.75) is 13.3 Å². The Morgan fingerprint density at radius 3 is 2.57 bits per heavy atom. The summed E-state index contributed by atoms with van der Waals surface area (Å²) >= 11 is 0. The first kappa shape index (κ1) is 8.81. The topological polar surface area (TPSA) is 52.0 Å². The number of nitrogens with two attached hydrogens (primary N) is 1. The van der Waals surface area contributed by atoms with E-state index < -0.39 is 0 Å². The summed E-state index contributed by atoms with van der Waals surface area (Å²) in [5.74, 6) is 0.798. The van der Waals surface area contributed by atoms with Crippen LogP contribution in [-0.2, 0) is 6.42 Å². The van der Waals surface area contributed by atoms with Gasteiger partial charge >= 0.3 is 0 Å². The predicted octanol–water partition coefficient (Wildman–Crippen LogP) is 2.16. The Bertz CT molecular complexity index is 417. The minimum absolute atomic E-state index is 0.229. The molecule has 0 aliphatic rings. The molecule has 3 nitrogen and oxygen atoms in total. The molecule has 0 radical (unpaired) electrons. The van der Waals surface area contributed by atoms with Crippen molar-refractivity contribution in [3.8, 4) is 0 Å². The van der Waals surface area contributed by atoms with Crippen LogP contribution in [0.4, 0.5) is 6.01 Å². The summed E-state index contributed by atoms with van der Waals surface area (Å²) in [7, 11) is 0. The van der Waals surface area contributed by atoms with E-state index in [0.29, 0.717) is 0 Å². The summed E-state index contributed by atoms with van der Waals surface area (Å²) in [6.07, 6.45) is 2.40. The van der Waals surface area contributed by atoms with Crippen LogP contribution in [0.5, 0.6) is 0 Å². The molecule has 0 aliphatic carbocycles. The van der Waals surface area contributed by atoms with Gasteiger partial charge in [-0.3, -0.25) is 0 Å². The van der Waals surface area contributed by atoms with E-state index >= 15 is 0 Å². The molecule has 0 amide bonds. The standard InChI is InChI=1S/C11H12N2O/c1-8-2-4-9(5-3-8)6-10-7-13-11(12)14-10/h2-5,7H,6H2,1H3,(H2,12,13). The Kier molecular flexibility index (Phi) is 2.23. The predicted molar refractivity (Wildman–Crippen MR) is 54.9 cm³/mol. The number of oxazole rings is 1. The Balaban J connectivity index is 2.15. The van der Waals surface area contributed by atoms with Crippen LogP contribution in [0.3, 0.4) is 0 Å². The van der Waals surface area contributed by atoms with Crippen molar-refractivity contribution in [1.29, 1.82) is 0 Å². The summed E-state index contributed by atoms with van der Waals surface area (Å²) in [5.41, 5.74) is 7.83. The molecule has 2 rings (SSSR count). The zero-order valence-corrected chi connectivity index (χ0v) is 8.03. The van der Waals surface area contributed by atoms with Crippen molar-refractivity contribution in [2.24, 2.45) is 0 Å². The van der Waals surface area contributed by atoms with Crippen LogP contribution in [-0.4, -0.2) is 4.98 Å². The van der Waals surface area contributed by atoms with Gasteiger partial charge < -0.3 is 10.2 Å². The molecule has 2 N–H and O–H groups in total. The molecule has 0 spiro atoms. The largest absolute Gasteiger partial charge is 0.429 e. The molecule has 0 saturated heterocycles. The molecule has 0 unspecified atom stereocenters. The molecule has 1 heterocycles. The summed E-state index contributed by atoms with van der Waals surface area (Å²) in [6.45, 7) is 2.07. The first-order chi connectivity index (χ1) is 6.74. The molecular formula is C11H12N2O. The molecular weight excluding hydrogens is 176 g/mol. The van der Waals surface area contributed by atoms with Crippen LogP contribution in [0.25, 0.3) is 0 Å². The normalized spacial score (nSPS) is 10.4. The average Bonchev–Trinajstić information content (AvgIpc) is 2.56. The van der Waals surface area contributed by atoms with E-state index in [0.717, 1.165) is 12.2 Å². The monoisotopic (exact) mass is 188 g/mol. The number of rotatable bonds is 2. The Hall–Kier alpha value is -1.77. The number of nitrogens with zero attached hydrogens (tertiary/aromatic N) is 1. The van der Waals surface area contributed by atoms with Crippen molar-refractivity contribution in [3.05, 3.63) is 47.3 Å². The smallest absolute Gasteiger partial charge is 0.292 e. The Morgan fingerprint density at radius 2 is 2.00 bits per heavy atom. The van der Waals surface area contributed by atoms with Crippen LogP contribution in [0, 0.1) is 6.92 Å². The van der Waals surface area contributed by atoms with Crippen molar-refractivity contribution in [2.75, 3.05) is 5.73 Å². The van der Waals surface area contributed by atoms with E-state index in [1.165, 1.54) is 11.1 Å². The van der Waals surface area contributed by atoms with E-state index in [2.05, 4.69) is 36.2 Å². The lowest BCUT2D eigenvalue weighted by atomic mass is 10.1. The third-order valence-electron chi connectivity index (χ3n) is 2.07. The molecule has 0 atom stereocenters. The minimum Gasteiger partial charge on any atom is -0.429 e. The van der Waals surface area contributed by atoms with Crippen molar-refractivity contribution in [1.82, 2.24) is 4.98 Å². The third-order valence-corrected chi connectivity index (χ3v) is 2.07. The highest BCUT2D eigenvalue weighted by atomic mass is 16.4. The lowest BCUT2D eigenvalue weighted by molar-refractivity contribution is 0.534. The second kappa shape index (κ2) is 3.54. The van der Waals surface area contributed by atoms with Crippen LogP contribution in [0.2, 0.25) is 0 Å². The van der Waals surface area contributed by atoms with Crippen LogP contribution in [0.15, 0.2) is 34.9 Å². The fraction of sp³-hybridized carbons (Fsp3) is 0.182. The van der Waals surface area contributed by atoms with Crippen molar-refractivity contribution >= 4 is 6.01 Å².